The summed E-state index contributed by atoms with van der Waals surface area (Å²) in [4.78, 5) is 11.7. The van der Waals surface area contributed by atoms with E-state index in [1.54, 1.807) is 0 Å². The second-order valence-electron chi connectivity index (χ2n) is 5.07. The summed E-state index contributed by atoms with van der Waals surface area (Å²) in [5.41, 5.74) is -0.200. The first-order chi connectivity index (χ1) is 8.81. The second-order valence-corrected chi connectivity index (χ2v) is 5.07. The van der Waals surface area contributed by atoms with Crippen LogP contribution in [-0.2, 0) is 0 Å². The van der Waals surface area contributed by atoms with E-state index in [4.69, 9.17) is 0 Å². The number of halogens is 2. The summed E-state index contributed by atoms with van der Waals surface area (Å²) in [6.07, 6.45) is -0.160. The molecule has 1 aromatic carbocycles. The third-order valence-corrected chi connectivity index (χ3v) is 2.73. The van der Waals surface area contributed by atoms with Crippen LogP contribution in [0.25, 0.3) is 0 Å². The lowest BCUT2D eigenvalue weighted by Gasteiger charge is -2.14. The molecule has 0 saturated heterocycles. The van der Waals surface area contributed by atoms with Crippen LogP contribution in [0, 0.1) is 24.5 Å². The Morgan fingerprint density at radius 2 is 1.95 bits per heavy atom. The van der Waals surface area contributed by atoms with Crippen LogP contribution in [0.1, 0.15) is 36.2 Å². The average Bonchev–Trinajstić information content (AvgIpc) is 2.30. The van der Waals surface area contributed by atoms with Gasteiger partial charge in [0.25, 0.3) is 5.91 Å². The topological polar surface area (TPSA) is 49.3 Å². The number of hydrogen-bond donors (Lipinski definition) is 2. The molecule has 3 nitrogen and oxygen atoms in total. The molecule has 0 spiro atoms. The van der Waals surface area contributed by atoms with E-state index in [1.807, 2.05) is 13.8 Å². The maximum Gasteiger partial charge on any atom is 0.254 e. The van der Waals surface area contributed by atoms with Crippen molar-refractivity contribution in [1.82, 2.24) is 5.32 Å². The van der Waals surface area contributed by atoms with Gasteiger partial charge in [-0.25, -0.2) is 8.78 Å². The van der Waals surface area contributed by atoms with E-state index in [1.165, 1.54) is 6.92 Å². The average molecular weight is 271 g/mol. The molecule has 106 valence electrons. The number of aliphatic hydroxyl groups excluding tert-OH is 1. The molecule has 0 saturated carbocycles. The zero-order valence-corrected chi connectivity index (χ0v) is 11.3. The number of amides is 1. The summed E-state index contributed by atoms with van der Waals surface area (Å²) >= 11 is 0. The van der Waals surface area contributed by atoms with E-state index in [-0.39, 0.29) is 17.7 Å². The van der Waals surface area contributed by atoms with Crippen LogP contribution >= 0.6 is 0 Å². The molecule has 1 rings (SSSR count). The molecule has 0 bridgehead atoms. The SMILES string of the molecule is Cc1cc(F)c(C(=O)NCC(O)CC(C)C)cc1F. The van der Waals surface area contributed by atoms with Crippen LogP contribution in [0.15, 0.2) is 12.1 Å². The van der Waals surface area contributed by atoms with E-state index in [0.717, 1.165) is 12.1 Å². The monoisotopic (exact) mass is 271 g/mol. The third kappa shape index (κ3) is 4.59. The predicted octanol–water partition coefficient (Wildman–Crippen LogP) is 2.41. The summed E-state index contributed by atoms with van der Waals surface area (Å²) in [6, 6.07) is 1.85. The van der Waals surface area contributed by atoms with Crippen LogP contribution in [0.2, 0.25) is 0 Å². The predicted molar refractivity (Wildman–Crippen MR) is 68.9 cm³/mol. The smallest absolute Gasteiger partial charge is 0.254 e. The van der Waals surface area contributed by atoms with Crippen molar-refractivity contribution in [2.45, 2.75) is 33.3 Å². The molecule has 19 heavy (non-hydrogen) atoms. The number of carbonyl (C=O) groups excluding carboxylic acids is 1. The quantitative estimate of drug-likeness (QED) is 0.864. The van der Waals surface area contributed by atoms with Gasteiger partial charge in [-0.3, -0.25) is 4.79 Å². The van der Waals surface area contributed by atoms with Crippen LogP contribution in [-0.4, -0.2) is 23.7 Å². The highest BCUT2D eigenvalue weighted by Gasteiger charge is 2.16. The molecule has 1 aromatic rings. The van der Waals surface area contributed by atoms with E-state index < -0.39 is 23.6 Å². The molecule has 1 amide bonds. The number of benzene rings is 1. The molecule has 0 aliphatic heterocycles. The van der Waals surface area contributed by atoms with Crippen molar-refractivity contribution in [2.75, 3.05) is 6.54 Å². The molecule has 1 atom stereocenters. The number of aryl methyl sites for hydroxylation is 1. The Hall–Kier alpha value is -1.49. The summed E-state index contributed by atoms with van der Waals surface area (Å²) in [7, 11) is 0. The number of hydrogen-bond acceptors (Lipinski definition) is 2. The third-order valence-electron chi connectivity index (χ3n) is 2.73. The summed E-state index contributed by atoms with van der Waals surface area (Å²) in [6.45, 7) is 5.33. The molecule has 0 aliphatic rings. The lowest BCUT2D eigenvalue weighted by atomic mass is 10.1. The van der Waals surface area contributed by atoms with E-state index in [0.29, 0.717) is 12.3 Å². The number of rotatable bonds is 5. The van der Waals surface area contributed by atoms with Gasteiger partial charge in [0, 0.05) is 6.54 Å². The van der Waals surface area contributed by atoms with Crippen molar-refractivity contribution in [3.05, 3.63) is 34.9 Å². The molecule has 0 aromatic heterocycles. The van der Waals surface area contributed by atoms with Crippen molar-refractivity contribution in [3.63, 3.8) is 0 Å². The molecule has 5 heteroatoms. The fraction of sp³-hybridized carbons (Fsp3) is 0.500. The van der Waals surface area contributed by atoms with E-state index in [9.17, 15) is 18.7 Å². The van der Waals surface area contributed by atoms with Gasteiger partial charge in [-0.1, -0.05) is 13.8 Å². The van der Waals surface area contributed by atoms with Gasteiger partial charge in [-0.2, -0.15) is 0 Å². The first kappa shape index (κ1) is 15.6. The van der Waals surface area contributed by atoms with Gasteiger partial charge < -0.3 is 10.4 Å². The highest BCUT2D eigenvalue weighted by molar-refractivity contribution is 5.94. The highest BCUT2D eigenvalue weighted by atomic mass is 19.1. The normalized spacial score (nSPS) is 12.6. The molecular weight excluding hydrogens is 252 g/mol. The Morgan fingerprint density at radius 3 is 2.53 bits per heavy atom. The number of nitrogens with one attached hydrogen (secondary N) is 1. The van der Waals surface area contributed by atoms with E-state index >= 15 is 0 Å². The van der Waals surface area contributed by atoms with Gasteiger partial charge in [0.1, 0.15) is 11.6 Å². The van der Waals surface area contributed by atoms with Crippen LogP contribution in [0.3, 0.4) is 0 Å². The van der Waals surface area contributed by atoms with Crippen LogP contribution in [0.5, 0.6) is 0 Å². The zero-order chi connectivity index (χ0) is 14.6. The molecule has 0 fully saturated rings. The molecule has 0 radical (unpaired) electrons. The second kappa shape index (κ2) is 6.61. The number of aliphatic hydroxyl groups is 1. The van der Waals surface area contributed by atoms with E-state index in [2.05, 4.69) is 5.32 Å². The fourth-order valence-corrected chi connectivity index (χ4v) is 1.75. The van der Waals surface area contributed by atoms with Crippen molar-refractivity contribution in [3.8, 4) is 0 Å². The van der Waals surface area contributed by atoms with Gasteiger partial charge in [-0.15, -0.1) is 0 Å². The Morgan fingerprint density at radius 1 is 1.32 bits per heavy atom. The molecule has 0 heterocycles. The summed E-state index contributed by atoms with van der Waals surface area (Å²) in [5, 5.41) is 12.0. The molecule has 0 aliphatic carbocycles. The van der Waals surface area contributed by atoms with Gasteiger partial charge in [0.2, 0.25) is 0 Å². The largest absolute Gasteiger partial charge is 0.391 e. The van der Waals surface area contributed by atoms with Gasteiger partial charge >= 0.3 is 0 Å². The Kier molecular flexibility index (Phi) is 5.42. The lowest BCUT2D eigenvalue weighted by molar-refractivity contribution is 0.0896. The number of carbonyl (C=O) groups is 1. The van der Waals surface area contributed by atoms with Crippen molar-refractivity contribution in [1.29, 1.82) is 0 Å². The maximum absolute atomic E-state index is 13.5. The standard InChI is InChI=1S/C14H19F2NO2/c1-8(2)4-10(18)7-17-14(19)11-6-12(15)9(3)5-13(11)16/h5-6,8,10,18H,4,7H2,1-3H3,(H,17,19). The minimum Gasteiger partial charge on any atom is -0.391 e. The van der Waals surface area contributed by atoms with Crippen molar-refractivity contribution in [2.24, 2.45) is 5.92 Å². The van der Waals surface area contributed by atoms with Gasteiger partial charge in [0.05, 0.1) is 11.7 Å². The highest BCUT2D eigenvalue weighted by Crippen LogP contribution is 2.14. The van der Waals surface area contributed by atoms with Crippen molar-refractivity contribution < 1.29 is 18.7 Å². The molecule has 1 unspecified atom stereocenters. The summed E-state index contributed by atoms with van der Waals surface area (Å²) in [5.74, 6) is -1.83. The van der Waals surface area contributed by atoms with Crippen LogP contribution in [0.4, 0.5) is 8.78 Å². The Labute approximate surface area is 111 Å². The summed E-state index contributed by atoms with van der Waals surface area (Å²) < 4.78 is 26.8. The maximum atomic E-state index is 13.5. The fourth-order valence-electron chi connectivity index (χ4n) is 1.75. The minimum absolute atomic E-state index is 0.0198. The minimum atomic E-state index is -0.769. The van der Waals surface area contributed by atoms with Crippen LogP contribution < -0.4 is 5.32 Å². The Balaban J connectivity index is 2.66. The van der Waals surface area contributed by atoms with Gasteiger partial charge in [-0.05, 0) is 37.0 Å². The lowest BCUT2D eigenvalue weighted by Crippen LogP contribution is -2.33. The van der Waals surface area contributed by atoms with Crippen molar-refractivity contribution >= 4 is 5.91 Å². The Bertz CT molecular complexity index is 461. The molecular formula is C14H19F2NO2. The first-order valence-corrected chi connectivity index (χ1v) is 6.23. The van der Waals surface area contributed by atoms with Gasteiger partial charge in [0.15, 0.2) is 0 Å². The molecule has 2 N–H and O–H groups in total. The zero-order valence-electron chi connectivity index (χ0n) is 11.3. The first-order valence-electron chi connectivity index (χ1n) is 6.23.